The average Bonchev–Trinajstić information content (AvgIpc) is 3.23. The van der Waals surface area contributed by atoms with Crippen molar-refractivity contribution in [2.24, 2.45) is 11.8 Å². The molecule has 4 heteroatoms. The third-order valence-corrected chi connectivity index (χ3v) is 4.08. The zero-order valence-corrected chi connectivity index (χ0v) is 11.1. The fourth-order valence-electron chi connectivity index (χ4n) is 2.72. The van der Waals surface area contributed by atoms with E-state index in [0.717, 1.165) is 0 Å². The predicted octanol–water partition coefficient (Wildman–Crippen LogP) is 2.63. The number of carbonyl (C=O) groups excluding carboxylic acids is 1. The summed E-state index contributed by atoms with van der Waals surface area (Å²) in [4.78, 5) is 12.2. The quantitative estimate of drug-likeness (QED) is 0.820. The average molecular weight is 262 g/mol. The Balaban J connectivity index is 1.79. The van der Waals surface area contributed by atoms with E-state index in [0.29, 0.717) is 23.1 Å². The molecule has 1 aromatic carbocycles. The number of nitrogens with two attached hydrogens (primary N) is 1. The number of nitrogens with one attached hydrogen (secondary N) is 1. The van der Waals surface area contributed by atoms with Gasteiger partial charge in [0.1, 0.15) is 5.82 Å². The Labute approximate surface area is 112 Å². The molecule has 0 aliphatic heterocycles. The Kier molecular flexibility index (Phi) is 2.96. The molecule has 3 N–H and O–H groups in total. The first-order valence-corrected chi connectivity index (χ1v) is 6.92. The summed E-state index contributed by atoms with van der Waals surface area (Å²) in [6.07, 6.45) is 4.72. The Hall–Kier alpha value is -1.58. The minimum atomic E-state index is -0.461. The van der Waals surface area contributed by atoms with Crippen LogP contribution in [0.25, 0.3) is 0 Å². The van der Waals surface area contributed by atoms with E-state index in [1.807, 2.05) is 0 Å². The van der Waals surface area contributed by atoms with Crippen molar-refractivity contribution in [1.82, 2.24) is 5.32 Å². The zero-order chi connectivity index (χ0) is 13.6. The second kappa shape index (κ2) is 4.51. The second-order valence-corrected chi connectivity index (χ2v) is 5.87. The lowest BCUT2D eigenvalue weighted by Crippen LogP contribution is -2.38. The van der Waals surface area contributed by atoms with Gasteiger partial charge >= 0.3 is 0 Å². The van der Waals surface area contributed by atoms with E-state index in [2.05, 4.69) is 5.32 Å². The number of anilines is 1. The summed E-state index contributed by atoms with van der Waals surface area (Å²) in [5.74, 6) is 0.414. The van der Waals surface area contributed by atoms with Crippen molar-refractivity contribution in [2.75, 3.05) is 5.73 Å². The van der Waals surface area contributed by atoms with Crippen LogP contribution in [0.3, 0.4) is 0 Å². The van der Waals surface area contributed by atoms with Crippen LogP contribution < -0.4 is 11.1 Å². The Bertz CT molecular complexity index is 509. The molecule has 3 rings (SSSR count). The first-order valence-electron chi connectivity index (χ1n) is 6.92. The van der Waals surface area contributed by atoms with Crippen molar-refractivity contribution >= 4 is 11.6 Å². The van der Waals surface area contributed by atoms with Crippen molar-refractivity contribution in [3.8, 4) is 0 Å². The third-order valence-electron chi connectivity index (χ3n) is 4.08. The molecule has 19 heavy (non-hydrogen) atoms. The van der Waals surface area contributed by atoms with Crippen LogP contribution in [0.4, 0.5) is 10.1 Å². The summed E-state index contributed by atoms with van der Waals surface area (Å²) in [5.41, 5.74) is 6.61. The number of rotatable bonds is 4. The smallest absolute Gasteiger partial charge is 0.254 e. The molecule has 2 aliphatic carbocycles. The predicted molar refractivity (Wildman–Crippen MR) is 72.3 cm³/mol. The topological polar surface area (TPSA) is 55.1 Å². The second-order valence-electron chi connectivity index (χ2n) is 5.87. The molecule has 2 fully saturated rings. The molecule has 0 unspecified atom stereocenters. The van der Waals surface area contributed by atoms with E-state index in [1.165, 1.54) is 31.7 Å². The molecule has 0 bridgehead atoms. The summed E-state index contributed by atoms with van der Waals surface area (Å²) in [5, 5.41) is 3.02. The molecule has 1 aromatic rings. The summed E-state index contributed by atoms with van der Waals surface area (Å²) >= 11 is 0. The fourth-order valence-corrected chi connectivity index (χ4v) is 2.72. The molecule has 0 heterocycles. The van der Waals surface area contributed by atoms with Crippen molar-refractivity contribution in [1.29, 1.82) is 0 Å². The number of halogens is 1. The third kappa shape index (κ3) is 2.57. The summed E-state index contributed by atoms with van der Waals surface area (Å²) in [6.45, 7) is 1.63. The maximum Gasteiger partial charge on any atom is 0.254 e. The molecular formula is C15H19FN2O. The van der Waals surface area contributed by atoms with E-state index in [-0.39, 0.29) is 17.5 Å². The van der Waals surface area contributed by atoms with Gasteiger partial charge in [0.25, 0.3) is 5.91 Å². The number of benzene rings is 1. The molecule has 0 aromatic heterocycles. The number of carbonyl (C=O) groups is 1. The SMILES string of the molecule is Cc1cc(N)cc(C(=O)NC(C2CC2)C2CC2)c1F. The van der Waals surface area contributed by atoms with Gasteiger partial charge in [-0.1, -0.05) is 0 Å². The van der Waals surface area contributed by atoms with Gasteiger partial charge in [-0.25, -0.2) is 4.39 Å². The lowest BCUT2D eigenvalue weighted by Gasteiger charge is -2.18. The van der Waals surface area contributed by atoms with E-state index in [1.54, 1.807) is 13.0 Å². The van der Waals surface area contributed by atoms with Gasteiger partial charge in [-0.3, -0.25) is 4.79 Å². The molecule has 3 nitrogen and oxygen atoms in total. The Morgan fingerprint density at radius 2 is 1.89 bits per heavy atom. The number of hydrogen-bond acceptors (Lipinski definition) is 2. The van der Waals surface area contributed by atoms with Gasteiger partial charge in [0.15, 0.2) is 0 Å². The molecule has 1 amide bonds. The molecule has 0 saturated heterocycles. The zero-order valence-electron chi connectivity index (χ0n) is 11.1. The van der Waals surface area contributed by atoms with Crippen LogP contribution in [-0.4, -0.2) is 11.9 Å². The van der Waals surface area contributed by atoms with Crippen LogP contribution in [0.1, 0.15) is 41.6 Å². The van der Waals surface area contributed by atoms with E-state index < -0.39 is 5.82 Å². The minimum Gasteiger partial charge on any atom is -0.399 e. The minimum absolute atomic E-state index is 0.0730. The largest absolute Gasteiger partial charge is 0.399 e. The normalized spacial score (nSPS) is 18.7. The number of amides is 1. The number of nitrogen functional groups attached to an aromatic ring is 1. The van der Waals surface area contributed by atoms with E-state index in [4.69, 9.17) is 5.73 Å². The maximum atomic E-state index is 14.0. The highest BCUT2D eigenvalue weighted by Gasteiger charge is 2.42. The van der Waals surface area contributed by atoms with Gasteiger partial charge in [-0.05, 0) is 62.1 Å². The van der Waals surface area contributed by atoms with Gasteiger partial charge in [0, 0.05) is 11.7 Å². The van der Waals surface area contributed by atoms with Gasteiger partial charge in [-0.15, -0.1) is 0 Å². The molecule has 0 spiro atoms. The van der Waals surface area contributed by atoms with E-state index in [9.17, 15) is 9.18 Å². The van der Waals surface area contributed by atoms with Gasteiger partial charge in [0.2, 0.25) is 0 Å². The Morgan fingerprint density at radius 3 is 2.42 bits per heavy atom. The molecule has 2 saturated carbocycles. The van der Waals surface area contributed by atoms with Crippen molar-refractivity contribution in [3.63, 3.8) is 0 Å². The molecule has 0 radical (unpaired) electrons. The van der Waals surface area contributed by atoms with Crippen LogP contribution in [0.15, 0.2) is 12.1 Å². The van der Waals surface area contributed by atoms with Crippen LogP contribution >= 0.6 is 0 Å². The van der Waals surface area contributed by atoms with Gasteiger partial charge < -0.3 is 11.1 Å². The summed E-state index contributed by atoms with van der Waals surface area (Å²) in [7, 11) is 0. The first kappa shape index (κ1) is 12.5. The Morgan fingerprint density at radius 1 is 1.32 bits per heavy atom. The standard InChI is InChI=1S/C15H19FN2O/c1-8-6-11(17)7-12(13(8)16)15(19)18-14(9-2-3-9)10-4-5-10/h6-7,9-10,14H,2-5,17H2,1H3,(H,18,19). The summed E-state index contributed by atoms with van der Waals surface area (Å²) in [6, 6.07) is 3.20. The van der Waals surface area contributed by atoms with Gasteiger partial charge in [-0.2, -0.15) is 0 Å². The number of hydrogen-bond donors (Lipinski definition) is 2. The van der Waals surface area contributed by atoms with Crippen molar-refractivity contribution < 1.29 is 9.18 Å². The van der Waals surface area contributed by atoms with E-state index >= 15 is 0 Å². The highest BCUT2D eigenvalue weighted by atomic mass is 19.1. The molecular weight excluding hydrogens is 243 g/mol. The lowest BCUT2D eigenvalue weighted by molar-refractivity contribution is 0.0922. The first-order chi connectivity index (χ1) is 9.06. The maximum absolute atomic E-state index is 14.0. The number of aryl methyl sites for hydroxylation is 1. The molecule has 0 atom stereocenters. The van der Waals surface area contributed by atoms with Crippen LogP contribution in [0.5, 0.6) is 0 Å². The van der Waals surface area contributed by atoms with Crippen LogP contribution in [-0.2, 0) is 0 Å². The van der Waals surface area contributed by atoms with Crippen molar-refractivity contribution in [3.05, 3.63) is 29.1 Å². The highest BCUT2D eigenvalue weighted by Crippen LogP contribution is 2.44. The monoisotopic (exact) mass is 262 g/mol. The van der Waals surface area contributed by atoms with Crippen LogP contribution in [0, 0.1) is 24.6 Å². The summed E-state index contributed by atoms with van der Waals surface area (Å²) < 4.78 is 14.0. The fraction of sp³-hybridized carbons (Fsp3) is 0.533. The highest BCUT2D eigenvalue weighted by molar-refractivity contribution is 5.95. The lowest BCUT2D eigenvalue weighted by atomic mass is 10.0. The molecule has 102 valence electrons. The van der Waals surface area contributed by atoms with Gasteiger partial charge in [0.05, 0.1) is 5.56 Å². The molecule has 2 aliphatic rings. The van der Waals surface area contributed by atoms with Crippen molar-refractivity contribution in [2.45, 2.75) is 38.6 Å². The van der Waals surface area contributed by atoms with Crippen LogP contribution in [0.2, 0.25) is 0 Å².